The molecule has 0 spiro atoms. The van der Waals surface area contributed by atoms with Crippen molar-refractivity contribution >= 4 is 11.7 Å². The normalized spacial score (nSPS) is 27.9. The lowest BCUT2D eigenvalue weighted by Gasteiger charge is -2.18. The molecule has 0 radical (unpaired) electrons. The zero-order valence-corrected chi connectivity index (χ0v) is 12.0. The van der Waals surface area contributed by atoms with Gasteiger partial charge in [0.15, 0.2) is 0 Å². The summed E-state index contributed by atoms with van der Waals surface area (Å²) in [6, 6.07) is 1.83. The van der Waals surface area contributed by atoms with Crippen LogP contribution in [0.25, 0.3) is 5.78 Å². The number of fused-ring (bicyclic) bond motifs is 2. The van der Waals surface area contributed by atoms with Crippen molar-refractivity contribution in [2.45, 2.75) is 32.1 Å². The smallest absolute Gasteiger partial charge is 0.271 e. The Hall–Kier alpha value is -1.91. The molecule has 2 fully saturated rings. The summed E-state index contributed by atoms with van der Waals surface area (Å²) in [5, 5.41) is 3.07. The Labute approximate surface area is 123 Å². The molecule has 2 aliphatic carbocycles. The standard InChI is InChI=1S/C16H20N4O/c21-15(14-10-20-8-2-7-17-16(20)19-14)18-9-12-6-5-11-3-1-4-13(11)12/h2,7-8,10-13H,1,3-6,9H2,(H,18,21)/t11-,12+,13-/m0/s1. The second kappa shape index (κ2) is 5.13. The molecule has 2 aromatic rings. The highest BCUT2D eigenvalue weighted by Gasteiger charge is 2.38. The van der Waals surface area contributed by atoms with E-state index in [4.69, 9.17) is 0 Å². The quantitative estimate of drug-likeness (QED) is 0.940. The number of aromatic nitrogens is 3. The minimum atomic E-state index is -0.0815. The molecule has 0 saturated heterocycles. The number of carbonyl (C=O) groups excluding carboxylic acids is 1. The molecule has 110 valence electrons. The highest BCUT2D eigenvalue weighted by atomic mass is 16.1. The van der Waals surface area contributed by atoms with E-state index in [2.05, 4.69) is 15.3 Å². The maximum absolute atomic E-state index is 12.2. The Morgan fingerprint density at radius 2 is 2.29 bits per heavy atom. The summed E-state index contributed by atoms with van der Waals surface area (Å²) in [5.74, 6) is 2.91. The Balaban J connectivity index is 1.41. The third-order valence-electron chi connectivity index (χ3n) is 5.22. The van der Waals surface area contributed by atoms with Crippen molar-refractivity contribution in [3.05, 3.63) is 30.4 Å². The third-order valence-corrected chi connectivity index (χ3v) is 5.22. The SMILES string of the molecule is O=C(NC[C@H]1CC[C@@H]2CCC[C@@H]21)c1cn2cccnc2n1. The van der Waals surface area contributed by atoms with Gasteiger partial charge in [0.05, 0.1) is 0 Å². The Morgan fingerprint density at radius 3 is 3.19 bits per heavy atom. The number of imidazole rings is 1. The van der Waals surface area contributed by atoms with Gasteiger partial charge in [-0.15, -0.1) is 0 Å². The van der Waals surface area contributed by atoms with Crippen LogP contribution in [-0.4, -0.2) is 26.8 Å². The van der Waals surface area contributed by atoms with Gasteiger partial charge in [0.2, 0.25) is 5.78 Å². The minimum Gasteiger partial charge on any atom is -0.350 e. The molecule has 1 amide bonds. The fourth-order valence-corrected chi connectivity index (χ4v) is 4.19. The van der Waals surface area contributed by atoms with Crippen LogP contribution in [0.1, 0.15) is 42.6 Å². The first-order valence-corrected chi connectivity index (χ1v) is 7.89. The van der Waals surface area contributed by atoms with Gasteiger partial charge in [0.1, 0.15) is 5.69 Å². The largest absolute Gasteiger partial charge is 0.350 e. The molecule has 3 atom stereocenters. The molecule has 5 nitrogen and oxygen atoms in total. The highest BCUT2D eigenvalue weighted by Crippen LogP contribution is 2.47. The summed E-state index contributed by atoms with van der Waals surface area (Å²) in [5.41, 5.74) is 0.453. The lowest BCUT2D eigenvalue weighted by molar-refractivity contribution is 0.0939. The predicted octanol–water partition coefficient (Wildman–Crippen LogP) is 2.29. The molecule has 2 aliphatic rings. The summed E-state index contributed by atoms with van der Waals surface area (Å²) in [6.45, 7) is 0.793. The van der Waals surface area contributed by atoms with Crippen LogP contribution in [0.4, 0.5) is 0 Å². The van der Waals surface area contributed by atoms with E-state index in [0.717, 1.165) is 18.4 Å². The monoisotopic (exact) mass is 284 g/mol. The van der Waals surface area contributed by atoms with Crippen molar-refractivity contribution in [1.82, 2.24) is 19.7 Å². The van der Waals surface area contributed by atoms with E-state index in [1.165, 1.54) is 32.1 Å². The summed E-state index contributed by atoms with van der Waals surface area (Å²) < 4.78 is 1.78. The summed E-state index contributed by atoms with van der Waals surface area (Å²) in [6.07, 6.45) is 12.0. The third kappa shape index (κ3) is 2.30. The molecule has 0 bridgehead atoms. The second-order valence-corrected chi connectivity index (χ2v) is 6.36. The lowest BCUT2D eigenvalue weighted by atomic mass is 9.92. The first kappa shape index (κ1) is 12.8. The molecule has 0 unspecified atom stereocenters. The van der Waals surface area contributed by atoms with Crippen LogP contribution >= 0.6 is 0 Å². The average Bonchev–Trinajstić information content (AvgIpc) is 3.19. The van der Waals surface area contributed by atoms with Crippen molar-refractivity contribution < 1.29 is 4.79 Å². The van der Waals surface area contributed by atoms with Gasteiger partial charge in [0, 0.05) is 25.1 Å². The molecule has 21 heavy (non-hydrogen) atoms. The van der Waals surface area contributed by atoms with Crippen molar-refractivity contribution in [2.75, 3.05) is 6.54 Å². The second-order valence-electron chi connectivity index (χ2n) is 6.36. The topological polar surface area (TPSA) is 59.3 Å². The van der Waals surface area contributed by atoms with Gasteiger partial charge in [-0.05, 0) is 43.1 Å². The van der Waals surface area contributed by atoms with Gasteiger partial charge < -0.3 is 5.32 Å². The number of amides is 1. The van der Waals surface area contributed by atoms with E-state index in [1.807, 2.05) is 12.3 Å². The molecule has 4 rings (SSSR count). The first-order chi connectivity index (χ1) is 10.3. The van der Waals surface area contributed by atoms with Gasteiger partial charge in [-0.2, -0.15) is 0 Å². The zero-order chi connectivity index (χ0) is 14.2. The van der Waals surface area contributed by atoms with Gasteiger partial charge >= 0.3 is 0 Å². The van der Waals surface area contributed by atoms with Gasteiger partial charge in [0.25, 0.3) is 5.91 Å². The summed E-state index contributed by atoms with van der Waals surface area (Å²) in [4.78, 5) is 20.6. The Morgan fingerprint density at radius 1 is 1.33 bits per heavy atom. The molecule has 0 aliphatic heterocycles. The van der Waals surface area contributed by atoms with Crippen molar-refractivity contribution in [3.8, 4) is 0 Å². The van der Waals surface area contributed by atoms with Crippen LogP contribution < -0.4 is 5.32 Å². The number of rotatable bonds is 3. The number of carbonyl (C=O) groups is 1. The molecule has 5 heteroatoms. The average molecular weight is 284 g/mol. The van der Waals surface area contributed by atoms with Crippen LogP contribution in [0.5, 0.6) is 0 Å². The maximum Gasteiger partial charge on any atom is 0.271 e. The minimum absolute atomic E-state index is 0.0815. The van der Waals surface area contributed by atoms with Crippen LogP contribution in [0.15, 0.2) is 24.7 Å². The zero-order valence-electron chi connectivity index (χ0n) is 12.0. The maximum atomic E-state index is 12.2. The Bertz CT molecular complexity index is 632. The van der Waals surface area contributed by atoms with E-state index < -0.39 is 0 Å². The van der Waals surface area contributed by atoms with Gasteiger partial charge in [-0.25, -0.2) is 9.97 Å². The summed E-state index contributed by atoms with van der Waals surface area (Å²) in [7, 11) is 0. The molecule has 1 N–H and O–H groups in total. The number of nitrogens with zero attached hydrogens (tertiary/aromatic N) is 3. The fraction of sp³-hybridized carbons (Fsp3) is 0.562. The molecular formula is C16H20N4O. The van der Waals surface area contributed by atoms with E-state index in [-0.39, 0.29) is 5.91 Å². The van der Waals surface area contributed by atoms with Crippen molar-refractivity contribution in [1.29, 1.82) is 0 Å². The summed E-state index contributed by atoms with van der Waals surface area (Å²) >= 11 is 0. The lowest BCUT2D eigenvalue weighted by Crippen LogP contribution is -2.31. The molecule has 0 aromatic carbocycles. The van der Waals surface area contributed by atoms with Crippen LogP contribution in [0, 0.1) is 17.8 Å². The Kier molecular flexibility index (Phi) is 3.13. The van der Waals surface area contributed by atoms with E-state index >= 15 is 0 Å². The van der Waals surface area contributed by atoms with Crippen LogP contribution in [0.3, 0.4) is 0 Å². The number of nitrogens with one attached hydrogen (secondary N) is 1. The number of hydrogen-bond donors (Lipinski definition) is 1. The number of hydrogen-bond acceptors (Lipinski definition) is 3. The van der Waals surface area contributed by atoms with Gasteiger partial charge in [-0.3, -0.25) is 9.20 Å². The van der Waals surface area contributed by atoms with E-state index in [0.29, 0.717) is 17.4 Å². The van der Waals surface area contributed by atoms with Gasteiger partial charge in [-0.1, -0.05) is 12.8 Å². The van der Waals surface area contributed by atoms with E-state index in [9.17, 15) is 4.79 Å². The highest BCUT2D eigenvalue weighted by molar-refractivity contribution is 5.92. The van der Waals surface area contributed by atoms with Crippen molar-refractivity contribution in [2.24, 2.45) is 17.8 Å². The van der Waals surface area contributed by atoms with Crippen LogP contribution in [-0.2, 0) is 0 Å². The molecule has 2 aromatic heterocycles. The van der Waals surface area contributed by atoms with Crippen LogP contribution in [0.2, 0.25) is 0 Å². The molecule has 2 heterocycles. The molecule has 2 saturated carbocycles. The first-order valence-electron chi connectivity index (χ1n) is 7.89. The molecular weight excluding hydrogens is 264 g/mol. The van der Waals surface area contributed by atoms with Crippen molar-refractivity contribution in [3.63, 3.8) is 0 Å². The fourth-order valence-electron chi connectivity index (χ4n) is 4.19. The predicted molar refractivity (Wildman–Crippen MR) is 78.9 cm³/mol. The van der Waals surface area contributed by atoms with E-state index in [1.54, 1.807) is 16.8 Å².